The van der Waals surface area contributed by atoms with E-state index in [1.807, 2.05) is 24.5 Å². The zero-order valence-electron chi connectivity index (χ0n) is 6.86. The number of morpholine rings is 1. The lowest BCUT2D eigenvalue weighted by Crippen LogP contribution is -2.34. The predicted octanol–water partition coefficient (Wildman–Crippen LogP) is 0.742. The second kappa shape index (κ2) is 3.65. The van der Waals surface area contributed by atoms with E-state index in [9.17, 15) is 0 Å². The predicted molar refractivity (Wildman–Crippen MR) is 45.8 cm³/mol. The average molecular weight is 164 g/mol. The minimum atomic E-state index is 0.349. The minimum absolute atomic E-state index is 0.349. The molecule has 2 heterocycles. The van der Waals surface area contributed by atoms with E-state index >= 15 is 0 Å². The van der Waals surface area contributed by atoms with E-state index in [0.29, 0.717) is 6.04 Å². The molecule has 0 spiro atoms. The van der Waals surface area contributed by atoms with Gasteiger partial charge in [0.05, 0.1) is 19.3 Å². The van der Waals surface area contributed by atoms with Crippen LogP contribution in [0.1, 0.15) is 11.6 Å². The number of nitrogens with one attached hydrogen (secondary N) is 1. The molecular weight excluding hydrogens is 152 g/mol. The van der Waals surface area contributed by atoms with E-state index in [0.717, 1.165) is 19.8 Å². The summed E-state index contributed by atoms with van der Waals surface area (Å²) in [6.07, 6.45) is 3.62. The van der Waals surface area contributed by atoms with Crippen LogP contribution >= 0.6 is 0 Å². The molecule has 1 aromatic rings. The smallest absolute Gasteiger partial charge is 0.0662 e. The van der Waals surface area contributed by atoms with Crippen LogP contribution in [0.25, 0.3) is 0 Å². The molecule has 0 radical (unpaired) electrons. The van der Waals surface area contributed by atoms with Crippen LogP contribution in [0, 0.1) is 0 Å². The largest absolute Gasteiger partial charge is 0.378 e. The minimum Gasteiger partial charge on any atom is -0.378 e. The second-order valence-electron chi connectivity index (χ2n) is 2.86. The van der Waals surface area contributed by atoms with Gasteiger partial charge < -0.3 is 10.1 Å². The summed E-state index contributed by atoms with van der Waals surface area (Å²) < 4.78 is 5.35. The fraction of sp³-hybridized carbons (Fsp3) is 0.444. The van der Waals surface area contributed by atoms with Crippen molar-refractivity contribution in [2.45, 2.75) is 6.04 Å². The molecule has 1 aliphatic heterocycles. The van der Waals surface area contributed by atoms with Gasteiger partial charge in [0.2, 0.25) is 0 Å². The number of ether oxygens (including phenoxy) is 1. The van der Waals surface area contributed by atoms with Crippen LogP contribution in [-0.4, -0.2) is 24.7 Å². The van der Waals surface area contributed by atoms with Crippen LogP contribution in [0.4, 0.5) is 0 Å². The first-order valence-electron chi connectivity index (χ1n) is 4.18. The molecular formula is C9H12N2O. The Morgan fingerprint density at radius 3 is 2.92 bits per heavy atom. The van der Waals surface area contributed by atoms with Crippen molar-refractivity contribution in [2.75, 3.05) is 19.8 Å². The van der Waals surface area contributed by atoms with E-state index in [4.69, 9.17) is 4.74 Å². The average Bonchev–Trinajstić information content (AvgIpc) is 2.21. The lowest BCUT2D eigenvalue weighted by molar-refractivity contribution is 0.0768. The molecule has 1 fully saturated rings. The third-order valence-corrected chi connectivity index (χ3v) is 2.03. The number of nitrogens with zero attached hydrogens (tertiary/aromatic N) is 1. The maximum atomic E-state index is 5.35. The summed E-state index contributed by atoms with van der Waals surface area (Å²) in [4.78, 5) is 3.97. The van der Waals surface area contributed by atoms with Crippen LogP contribution in [0.5, 0.6) is 0 Å². The van der Waals surface area contributed by atoms with E-state index in [2.05, 4.69) is 10.3 Å². The van der Waals surface area contributed by atoms with Crippen molar-refractivity contribution >= 4 is 0 Å². The molecule has 3 heteroatoms. The van der Waals surface area contributed by atoms with Gasteiger partial charge in [-0.2, -0.15) is 0 Å². The van der Waals surface area contributed by atoms with Crippen molar-refractivity contribution in [3.05, 3.63) is 30.1 Å². The highest BCUT2D eigenvalue weighted by Crippen LogP contribution is 2.13. The summed E-state index contributed by atoms with van der Waals surface area (Å²) >= 11 is 0. The Morgan fingerprint density at radius 2 is 2.25 bits per heavy atom. The third-order valence-electron chi connectivity index (χ3n) is 2.03. The highest BCUT2D eigenvalue weighted by molar-refractivity contribution is 5.15. The summed E-state index contributed by atoms with van der Waals surface area (Å²) in [5, 5.41) is 3.38. The summed E-state index contributed by atoms with van der Waals surface area (Å²) in [5.74, 6) is 0. The highest BCUT2D eigenvalue weighted by Gasteiger charge is 2.13. The summed E-state index contributed by atoms with van der Waals surface area (Å²) in [5.41, 5.74) is 1.25. The highest BCUT2D eigenvalue weighted by atomic mass is 16.5. The Morgan fingerprint density at radius 1 is 1.42 bits per heavy atom. The number of hydrogen-bond donors (Lipinski definition) is 1. The SMILES string of the molecule is c1cc(C2COCCN2)ccn1. The summed E-state index contributed by atoms with van der Waals surface area (Å²) in [7, 11) is 0. The Labute approximate surface area is 71.8 Å². The molecule has 2 rings (SSSR count). The fourth-order valence-corrected chi connectivity index (χ4v) is 1.38. The Hall–Kier alpha value is -0.930. The molecule has 3 nitrogen and oxygen atoms in total. The van der Waals surface area contributed by atoms with Crippen molar-refractivity contribution < 1.29 is 4.74 Å². The monoisotopic (exact) mass is 164 g/mol. The first kappa shape index (κ1) is 7.71. The molecule has 1 atom stereocenters. The van der Waals surface area contributed by atoms with E-state index < -0.39 is 0 Å². The van der Waals surface area contributed by atoms with Gasteiger partial charge in [-0.05, 0) is 17.7 Å². The second-order valence-corrected chi connectivity index (χ2v) is 2.86. The van der Waals surface area contributed by atoms with Crippen molar-refractivity contribution in [2.24, 2.45) is 0 Å². The molecule has 1 saturated heterocycles. The molecule has 0 saturated carbocycles. The summed E-state index contributed by atoms with van der Waals surface area (Å²) in [6.45, 7) is 2.53. The van der Waals surface area contributed by atoms with Crippen LogP contribution in [0.15, 0.2) is 24.5 Å². The zero-order valence-corrected chi connectivity index (χ0v) is 6.86. The Bertz CT molecular complexity index is 232. The number of pyridine rings is 1. The molecule has 1 aromatic heterocycles. The van der Waals surface area contributed by atoms with Gasteiger partial charge in [0.25, 0.3) is 0 Å². The summed E-state index contributed by atoms with van der Waals surface area (Å²) in [6, 6.07) is 4.39. The van der Waals surface area contributed by atoms with Gasteiger partial charge in [-0.1, -0.05) is 0 Å². The molecule has 0 amide bonds. The Balaban J connectivity index is 2.08. The molecule has 1 aliphatic rings. The van der Waals surface area contributed by atoms with Gasteiger partial charge in [0.1, 0.15) is 0 Å². The number of rotatable bonds is 1. The van der Waals surface area contributed by atoms with E-state index in [1.165, 1.54) is 5.56 Å². The topological polar surface area (TPSA) is 34.1 Å². The van der Waals surface area contributed by atoms with Crippen LogP contribution in [0.3, 0.4) is 0 Å². The fourth-order valence-electron chi connectivity index (χ4n) is 1.38. The maximum absolute atomic E-state index is 5.35. The van der Waals surface area contributed by atoms with Gasteiger partial charge >= 0.3 is 0 Å². The molecule has 64 valence electrons. The van der Waals surface area contributed by atoms with Gasteiger partial charge in [0.15, 0.2) is 0 Å². The first-order chi connectivity index (χ1) is 5.97. The Kier molecular flexibility index (Phi) is 2.34. The van der Waals surface area contributed by atoms with Crippen molar-refractivity contribution in [1.82, 2.24) is 10.3 Å². The first-order valence-corrected chi connectivity index (χ1v) is 4.18. The standard InChI is InChI=1S/C9H12N2O/c1-3-10-4-2-8(1)9-7-12-6-5-11-9/h1-4,9,11H,5-7H2. The van der Waals surface area contributed by atoms with Gasteiger partial charge in [-0.25, -0.2) is 0 Å². The molecule has 0 bridgehead atoms. The van der Waals surface area contributed by atoms with Crippen LogP contribution < -0.4 is 5.32 Å². The molecule has 1 unspecified atom stereocenters. The molecule has 12 heavy (non-hydrogen) atoms. The third kappa shape index (κ3) is 1.62. The van der Waals surface area contributed by atoms with E-state index in [1.54, 1.807) is 0 Å². The number of aromatic nitrogens is 1. The lowest BCUT2D eigenvalue weighted by Gasteiger charge is -2.23. The van der Waals surface area contributed by atoms with Gasteiger partial charge in [-0.15, -0.1) is 0 Å². The van der Waals surface area contributed by atoms with Gasteiger partial charge in [0, 0.05) is 18.9 Å². The van der Waals surface area contributed by atoms with Gasteiger partial charge in [-0.3, -0.25) is 4.98 Å². The zero-order chi connectivity index (χ0) is 8.23. The van der Waals surface area contributed by atoms with Crippen molar-refractivity contribution in [3.8, 4) is 0 Å². The normalized spacial score (nSPS) is 23.8. The quantitative estimate of drug-likeness (QED) is 0.664. The molecule has 1 N–H and O–H groups in total. The van der Waals surface area contributed by atoms with Crippen LogP contribution in [-0.2, 0) is 4.74 Å². The molecule has 0 aromatic carbocycles. The van der Waals surface area contributed by atoms with Crippen molar-refractivity contribution in [3.63, 3.8) is 0 Å². The maximum Gasteiger partial charge on any atom is 0.0662 e. The van der Waals surface area contributed by atoms with E-state index in [-0.39, 0.29) is 0 Å². The van der Waals surface area contributed by atoms with Crippen molar-refractivity contribution in [1.29, 1.82) is 0 Å². The number of hydrogen-bond acceptors (Lipinski definition) is 3. The van der Waals surface area contributed by atoms with Crippen LogP contribution in [0.2, 0.25) is 0 Å². The molecule has 0 aliphatic carbocycles. The lowest BCUT2D eigenvalue weighted by atomic mass is 10.1.